The molecule has 0 fully saturated rings. The Morgan fingerprint density at radius 1 is 1.06 bits per heavy atom. The summed E-state index contributed by atoms with van der Waals surface area (Å²) < 4.78 is 4.57. The Bertz CT molecular complexity index is 904. The molecule has 0 atom stereocenters. The van der Waals surface area contributed by atoms with Gasteiger partial charge in [0.05, 0.1) is 20.2 Å². The maximum atomic E-state index is 13.1. The van der Waals surface area contributed by atoms with Crippen LogP contribution in [0.2, 0.25) is 0 Å². The minimum absolute atomic E-state index is 0.0553. The molecule has 0 saturated carbocycles. The van der Waals surface area contributed by atoms with Gasteiger partial charge in [0, 0.05) is 31.9 Å². The molecule has 2 aromatic rings. The van der Waals surface area contributed by atoms with Crippen LogP contribution in [0.5, 0.6) is 0 Å². The molecular weight excluding hydrogens is 408 g/mol. The maximum absolute atomic E-state index is 13.1. The SMILES string of the molecule is COC(=O)ON1CCc2c(cccc2NCC(=O)N(CCN(C)C)Cc2ccccc2)C1. The molecule has 8 heteroatoms. The number of hydroxylamine groups is 2. The summed E-state index contributed by atoms with van der Waals surface area (Å²) in [5.74, 6) is 0.0553. The normalized spacial score (nSPS) is 13.4. The Morgan fingerprint density at radius 3 is 2.56 bits per heavy atom. The molecule has 1 N–H and O–H groups in total. The summed E-state index contributed by atoms with van der Waals surface area (Å²) in [7, 11) is 5.30. The molecule has 32 heavy (non-hydrogen) atoms. The van der Waals surface area contributed by atoms with Gasteiger partial charge in [0.2, 0.25) is 5.91 Å². The number of anilines is 1. The molecule has 1 aliphatic rings. The first-order valence-corrected chi connectivity index (χ1v) is 10.8. The Labute approximate surface area is 189 Å². The average molecular weight is 441 g/mol. The van der Waals surface area contributed by atoms with E-state index in [1.807, 2.05) is 67.5 Å². The summed E-state index contributed by atoms with van der Waals surface area (Å²) in [5.41, 5.74) is 4.27. The summed E-state index contributed by atoms with van der Waals surface area (Å²) in [4.78, 5) is 33.6. The Balaban J connectivity index is 1.63. The van der Waals surface area contributed by atoms with Crippen molar-refractivity contribution in [3.05, 3.63) is 65.2 Å². The van der Waals surface area contributed by atoms with E-state index >= 15 is 0 Å². The standard InChI is InChI=1S/C24H32N4O4/c1-26(2)14-15-27(17-19-8-5-4-6-9-19)23(29)16-25-22-11-7-10-20-18-28(13-12-21(20)22)32-24(30)31-3/h4-11,25H,12-18H2,1-3H3. The number of amides is 1. The third-order valence-corrected chi connectivity index (χ3v) is 5.42. The van der Waals surface area contributed by atoms with E-state index in [2.05, 4.69) is 15.0 Å². The lowest BCUT2D eigenvalue weighted by atomic mass is 9.99. The molecule has 1 amide bonds. The lowest BCUT2D eigenvalue weighted by molar-refractivity contribution is -0.134. The molecule has 8 nitrogen and oxygen atoms in total. The molecular formula is C24H32N4O4. The second kappa shape index (κ2) is 11.5. The minimum Gasteiger partial charge on any atom is -0.436 e. The summed E-state index contributed by atoms with van der Waals surface area (Å²) >= 11 is 0. The maximum Gasteiger partial charge on any atom is 0.527 e. The van der Waals surface area contributed by atoms with Gasteiger partial charge < -0.3 is 24.7 Å². The van der Waals surface area contributed by atoms with Gasteiger partial charge in [0.1, 0.15) is 0 Å². The zero-order chi connectivity index (χ0) is 22.9. The highest BCUT2D eigenvalue weighted by Gasteiger charge is 2.22. The third kappa shape index (κ3) is 6.70. The van der Waals surface area contributed by atoms with E-state index in [9.17, 15) is 9.59 Å². The van der Waals surface area contributed by atoms with Crippen molar-refractivity contribution in [3.8, 4) is 0 Å². The van der Waals surface area contributed by atoms with Gasteiger partial charge in [-0.2, -0.15) is 0 Å². The predicted octanol–water partition coefficient (Wildman–Crippen LogP) is 2.75. The van der Waals surface area contributed by atoms with Crippen LogP contribution in [-0.2, 0) is 33.9 Å². The van der Waals surface area contributed by atoms with Crippen LogP contribution < -0.4 is 5.32 Å². The fraction of sp³-hybridized carbons (Fsp3) is 0.417. The highest BCUT2D eigenvalue weighted by Crippen LogP contribution is 2.26. The second-order valence-electron chi connectivity index (χ2n) is 8.06. The van der Waals surface area contributed by atoms with Gasteiger partial charge in [0.15, 0.2) is 0 Å². The average Bonchev–Trinajstić information content (AvgIpc) is 2.80. The molecule has 0 aliphatic carbocycles. The minimum atomic E-state index is -0.718. The predicted molar refractivity (Wildman–Crippen MR) is 123 cm³/mol. The fourth-order valence-corrected chi connectivity index (χ4v) is 3.67. The number of benzene rings is 2. The van der Waals surface area contributed by atoms with Crippen molar-refractivity contribution in [2.45, 2.75) is 19.5 Å². The molecule has 0 spiro atoms. The lowest BCUT2D eigenvalue weighted by Gasteiger charge is -2.29. The quantitative estimate of drug-likeness (QED) is 0.601. The third-order valence-electron chi connectivity index (χ3n) is 5.42. The first-order chi connectivity index (χ1) is 15.5. The van der Waals surface area contributed by atoms with Gasteiger partial charge in [-0.05, 0) is 43.3 Å². The smallest absolute Gasteiger partial charge is 0.436 e. The molecule has 0 aromatic heterocycles. The summed E-state index contributed by atoms with van der Waals surface area (Å²) in [6, 6.07) is 16.0. The summed E-state index contributed by atoms with van der Waals surface area (Å²) in [5, 5.41) is 4.93. The molecule has 1 heterocycles. The van der Waals surface area contributed by atoms with E-state index < -0.39 is 6.16 Å². The summed E-state index contributed by atoms with van der Waals surface area (Å²) in [6.07, 6.45) is -0.0116. The van der Waals surface area contributed by atoms with Crippen molar-refractivity contribution >= 4 is 17.7 Å². The molecule has 3 rings (SSSR count). The highest BCUT2D eigenvalue weighted by atomic mass is 16.8. The number of ether oxygens (including phenoxy) is 1. The number of carbonyl (C=O) groups excluding carboxylic acids is 2. The highest BCUT2D eigenvalue weighted by molar-refractivity contribution is 5.81. The van der Waals surface area contributed by atoms with Crippen LogP contribution in [-0.4, -0.2) is 74.3 Å². The van der Waals surface area contributed by atoms with Gasteiger partial charge in [0.25, 0.3) is 0 Å². The number of carbonyl (C=O) groups is 2. The van der Waals surface area contributed by atoms with Gasteiger partial charge >= 0.3 is 6.16 Å². The Kier molecular flexibility index (Phi) is 8.47. The van der Waals surface area contributed by atoms with E-state index in [0.29, 0.717) is 32.6 Å². The molecule has 0 bridgehead atoms. The fourth-order valence-electron chi connectivity index (χ4n) is 3.67. The molecule has 0 saturated heterocycles. The first-order valence-electron chi connectivity index (χ1n) is 10.8. The number of hydrogen-bond donors (Lipinski definition) is 1. The number of likely N-dealkylation sites (N-methyl/N-ethyl adjacent to an activating group) is 1. The van der Waals surface area contributed by atoms with Crippen molar-refractivity contribution in [1.82, 2.24) is 14.9 Å². The number of nitrogens with one attached hydrogen (secondary N) is 1. The van der Waals surface area contributed by atoms with Gasteiger partial charge in [-0.1, -0.05) is 42.5 Å². The van der Waals surface area contributed by atoms with Crippen molar-refractivity contribution in [1.29, 1.82) is 0 Å². The molecule has 2 aromatic carbocycles. The first kappa shape index (κ1) is 23.6. The van der Waals surface area contributed by atoms with E-state index in [1.165, 1.54) is 7.11 Å². The largest absolute Gasteiger partial charge is 0.527 e. The number of nitrogens with zero attached hydrogens (tertiary/aromatic N) is 3. The molecule has 0 radical (unpaired) electrons. The van der Waals surface area contributed by atoms with Crippen molar-refractivity contribution in [2.75, 3.05) is 52.7 Å². The van der Waals surface area contributed by atoms with Crippen molar-refractivity contribution in [3.63, 3.8) is 0 Å². The van der Waals surface area contributed by atoms with Crippen LogP contribution in [0.1, 0.15) is 16.7 Å². The van der Waals surface area contributed by atoms with Gasteiger partial charge in [-0.15, -0.1) is 5.06 Å². The molecule has 1 aliphatic heterocycles. The van der Waals surface area contributed by atoms with Crippen LogP contribution in [0.15, 0.2) is 48.5 Å². The van der Waals surface area contributed by atoms with E-state index in [0.717, 1.165) is 28.9 Å². The molecule has 0 unspecified atom stereocenters. The second-order valence-corrected chi connectivity index (χ2v) is 8.06. The topological polar surface area (TPSA) is 74.3 Å². The van der Waals surface area contributed by atoms with Crippen LogP contribution in [0.25, 0.3) is 0 Å². The zero-order valence-electron chi connectivity index (χ0n) is 19.0. The van der Waals surface area contributed by atoms with Crippen LogP contribution >= 0.6 is 0 Å². The van der Waals surface area contributed by atoms with E-state index in [-0.39, 0.29) is 12.5 Å². The number of rotatable bonds is 9. The monoisotopic (exact) mass is 440 g/mol. The zero-order valence-corrected chi connectivity index (χ0v) is 19.0. The Hall–Kier alpha value is -3.10. The lowest BCUT2D eigenvalue weighted by Crippen LogP contribution is -2.39. The number of hydrogen-bond acceptors (Lipinski definition) is 7. The van der Waals surface area contributed by atoms with Crippen LogP contribution in [0.4, 0.5) is 10.5 Å². The van der Waals surface area contributed by atoms with E-state index in [1.54, 1.807) is 5.06 Å². The number of methoxy groups -OCH3 is 1. The van der Waals surface area contributed by atoms with Crippen LogP contribution in [0, 0.1) is 0 Å². The Morgan fingerprint density at radius 2 is 1.84 bits per heavy atom. The van der Waals surface area contributed by atoms with E-state index in [4.69, 9.17) is 4.84 Å². The van der Waals surface area contributed by atoms with Crippen molar-refractivity contribution in [2.24, 2.45) is 0 Å². The summed E-state index contributed by atoms with van der Waals surface area (Å²) in [6.45, 7) is 3.32. The van der Waals surface area contributed by atoms with Gasteiger partial charge in [-0.3, -0.25) is 4.79 Å². The number of fused-ring (bicyclic) bond motifs is 1. The molecule has 172 valence electrons. The van der Waals surface area contributed by atoms with Crippen LogP contribution in [0.3, 0.4) is 0 Å². The van der Waals surface area contributed by atoms with Crippen molar-refractivity contribution < 1.29 is 19.2 Å². The van der Waals surface area contributed by atoms with Gasteiger partial charge in [-0.25, -0.2) is 4.79 Å².